The lowest BCUT2D eigenvalue weighted by atomic mass is 10.4. The first-order chi connectivity index (χ1) is 5.52. The standard InChI is InChI=1S/C6H11NO4S/c8-6(9)2-4-7-3-1-5-12(7,10)11/h1-5H2,(H,8,9). The van der Waals surface area contributed by atoms with Crippen LogP contribution in [0.5, 0.6) is 0 Å². The van der Waals surface area contributed by atoms with Crippen LogP contribution in [-0.4, -0.2) is 42.6 Å². The number of hydrogen-bond acceptors (Lipinski definition) is 3. The highest BCUT2D eigenvalue weighted by Gasteiger charge is 2.27. The minimum atomic E-state index is -3.11. The van der Waals surface area contributed by atoms with Crippen LogP contribution in [0.15, 0.2) is 0 Å². The lowest BCUT2D eigenvalue weighted by Crippen LogP contribution is -2.28. The lowest BCUT2D eigenvalue weighted by Gasteiger charge is -2.11. The van der Waals surface area contributed by atoms with E-state index in [1.807, 2.05) is 0 Å². The Morgan fingerprint density at radius 2 is 2.17 bits per heavy atom. The molecule has 0 saturated carbocycles. The van der Waals surface area contributed by atoms with E-state index in [4.69, 9.17) is 5.11 Å². The average Bonchev–Trinajstić information content (AvgIpc) is 2.25. The smallest absolute Gasteiger partial charge is 0.304 e. The summed E-state index contributed by atoms with van der Waals surface area (Å²) < 4.78 is 23.5. The number of hydrogen-bond donors (Lipinski definition) is 1. The molecule has 0 amide bonds. The van der Waals surface area contributed by atoms with E-state index in [1.54, 1.807) is 0 Å². The Morgan fingerprint density at radius 1 is 1.50 bits per heavy atom. The fraction of sp³-hybridized carbons (Fsp3) is 0.833. The van der Waals surface area contributed by atoms with Crippen LogP contribution < -0.4 is 0 Å². The van der Waals surface area contributed by atoms with Crippen molar-refractivity contribution in [3.05, 3.63) is 0 Å². The second-order valence-electron chi connectivity index (χ2n) is 2.71. The first kappa shape index (κ1) is 9.47. The highest BCUT2D eigenvalue weighted by atomic mass is 32.2. The number of carboxylic acid groups (broad SMARTS) is 1. The first-order valence-electron chi connectivity index (χ1n) is 3.72. The number of rotatable bonds is 3. The SMILES string of the molecule is O=C(O)CCN1CCCS1(=O)=O. The molecular weight excluding hydrogens is 182 g/mol. The third-order valence-corrected chi connectivity index (χ3v) is 3.73. The maximum Gasteiger partial charge on any atom is 0.304 e. The Bertz CT molecular complexity index is 271. The number of carboxylic acids is 1. The van der Waals surface area contributed by atoms with Crippen molar-refractivity contribution < 1.29 is 18.3 Å². The predicted molar refractivity (Wildman–Crippen MR) is 42.2 cm³/mol. The van der Waals surface area contributed by atoms with Gasteiger partial charge >= 0.3 is 5.97 Å². The van der Waals surface area contributed by atoms with Crippen molar-refractivity contribution in [1.82, 2.24) is 4.31 Å². The summed E-state index contributed by atoms with van der Waals surface area (Å²) in [7, 11) is -3.11. The summed E-state index contributed by atoms with van der Waals surface area (Å²) in [6.45, 7) is 0.577. The highest BCUT2D eigenvalue weighted by Crippen LogP contribution is 2.12. The molecule has 1 saturated heterocycles. The zero-order chi connectivity index (χ0) is 9.19. The maximum absolute atomic E-state index is 11.1. The number of sulfonamides is 1. The van der Waals surface area contributed by atoms with Gasteiger partial charge in [-0.3, -0.25) is 4.79 Å². The Kier molecular flexibility index (Phi) is 2.69. The van der Waals surface area contributed by atoms with Crippen molar-refractivity contribution in [3.63, 3.8) is 0 Å². The average molecular weight is 193 g/mol. The molecule has 0 aliphatic carbocycles. The molecule has 0 bridgehead atoms. The molecule has 0 spiro atoms. The fourth-order valence-electron chi connectivity index (χ4n) is 1.16. The van der Waals surface area contributed by atoms with E-state index in [0.717, 1.165) is 0 Å². The van der Waals surface area contributed by atoms with Crippen molar-refractivity contribution in [2.75, 3.05) is 18.8 Å². The minimum absolute atomic E-state index is 0.109. The summed E-state index contributed by atoms with van der Waals surface area (Å²) in [6, 6.07) is 0. The number of carbonyl (C=O) groups is 1. The monoisotopic (exact) mass is 193 g/mol. The van der Waals surface area contributed by atoms with Crippen LogP contribution in [-0.2, 0) is 14.8 Å². The van der Waals surface area contributed by atoms with Crippen LogP contribution in [0.25, 0.3) is 0 Å². The molecule has 0 aromatic carbocycles. The van der Waals surface area contributed by atoms with Gasteiger partial charge in [0, 0.05) is 13.1 Å². The van der Waals surface area contributed by atoms with Gasteiger partial charge in [-0.2, -0.15) is 0 Å². The normalized spacial score (nSPS) is 22.7. The van der Waals surface area contributed by atoms with Crippen molar-refractivity contribution in [2.24, 2.45) is 0 Å². The molecule has 0 atom stereocenters. The van der Waals surface area contributed by atoms with Crippen LogP contribution in [0, 0.1) is 0 Å². The van der Waals surface area contributed by atoms with Gasteiger partial charge < -0.3 is 5.11 Å². The fourth-order valence-corrected chi connectivity index (χ4v) is 2.69. The lowest BCUT2D eigenvalue weighted by molar-refractivity contribution is -0.137. The van der Waals surface area contributed by atoms with Gasteiger partial charge in [0.1, 0.15) is 0 Å². The summed E-state index contributed by atoms with van der Waals surface area (Å²) in [5.74, 6) is -0.802. The maximum atomic E-state index is 11.1. The van der Waals surface area contributed by atoms with Crippen molar-refractivity contribution >= 4 is 16.0 Å². The second-order valence-corrected chi connectivity index (χ2v) is 4.80. The molecule has 0 aromatic heterocycles. The molecular formula is C6H11NO4S. The molecule has 12 heavy (non-hydrogen) atoms. The second kappa shape index (κ2) is 3.40. The highest BCUT2D eigenvalue weighted by molar-refractivity contribution is 7.89. The van der Waals surface area contributed by atoms with Crippen LogP contribution >= 0.6 is 0 Å². The van der Waals surface area contributed by atoms with E-state index in [1.165, 1.54) is 4.31 Å². The molecule has 1 aliphatic heterocycles. The first-order valence-corrected chi connectivity index (χ1v) is 5.33. The van der Waals surface area contributed by atoms with E-state index in [9.17, 15) is 13.2 Å². The zero-order valence-electron chi connectivity index (χ0n) is 6.56. The van der Waals surface area contributed by atoms with Gasteiger partial charge in [0.2, 0.25) is 10.0 Å². The molecule has 1 rings (SSSR count). The molecule has 70 valence electrons. The molecule has 1 heterocycles. The Morgan fingerprint density at radius 3 is 2.58 bits per heavy atom. The number of aliphatic carboxylic acids is 1. The predicted octanol–water partition coefficient (Wildman–Crippen LogP) is -0.503. The van der Waals surface area contributed by atoms with Crippen molar-refractivity contribution in [2.45, 2.75) is 12.8 Å². The van der Waals surface area contributed by atoms with E-state index < -0.39 is 16.0 Å². The van der Waals surface area contributed by atoms with Crippen molar-refractivity contribution in [1.29, 1.82) is 0 Å². The van der Waals surface area contributed by atoms with Crippen LogP contribution in [0.2, 0.25) is 0 Å². The van der Waals surface area contributed by atoms with Gasteiger partial charge in [-0.05, 0) is 6.42 Å². The summed E-state index contributed by atoms with van der Waals surface area (Å²) in [5, 5.41) is 8.32. The Hall–Kier alpha value is -0.620. The van der Waals surface area contributed by atoms with Gasteiger partial charge in [0.25, 0.3) is 0 Å². The van der Waals surface area contributed by atoms with Gasteiger partial charge in [-0.25, -0.2) is 12.7 Å². The van der Waals surface area contributed by atoms with E-state index in [-0.39, 0.29) is 18.7 Å². The van der Waals surface area contributed by atoms with E-state index >= 15 is 0 Å². The molecule has 1 N–H and O–H groups in total. The van der Waals surface area contributed by atoms with Gasteiger partial charge in [-0.1, -0.05) is 0 Å². The molecule has 0 radical (unpaired) electrons. The topological polar surface area (TPSA) is 74.7 Å². The minimum Gasteiger partial charge on any atom is -0.481 e. The van der Waals surface area contributed by atoms with Gasteiger partial charge in [0.05, 0.1) is 12.2 Å². The third kappa shape index (κ3) is 2.18. The molecule has 5 nitrogen and oxygen atoms in total. The van der Waals surface area contributed by atoms with E-state index in [0.29, 0.717) is 13.0 Å². The summed E-state index contributed by atoms with van der Waals surface area (Å²) >= 11 is 0. The van der Waals surface area contributed by atoms with Crippen molar-refractivity contribution in [3.8, 4) is 0 Å². The van der Waals surface area contributed by atoms with Crippen LogP contribution in [0.3, 0.4) is 0 Å². The van der Waals surface area contributed by atoms with Gasteiger partial charge in [0.15, 0.2) is 0 Å². The van der Waals surface area contributed by atoms with Crippen LogP contribution in [0.1, 0.15) is 12.8 Å². The zero-order valence-corrected chi connectivity index (χ0v) is 7.38. The van der Waals surface area contributed by atoms with Crippen LogP contribution in [0.4, 0.5) is 0 Å². The Balaban J connectivity index is 2.48. The quantitative estimate of drug-likeness (QED) is 0.655. The summed E-state index contributed by atoms with van der Waals surface area (Å²) in [5.41, 5.74) is 0. The largest absolute Gasteiger partial charge is 0.481 e. The molecule has 6 heteroatoms. The third-order valence-electron chi connectivity index (χ3n) is 1.78. The van der Waals surface area contributed by atoms with Gasteiger partial charge in [-0.15, -0.1) is 0 Å². The summed E-state index contributed by atoms with van der Waals surface area (Å²) in [6.07, 6.45) is 0.501. The number of nitrogens with zero attached hydrogens (tertiary/aromatic N) is 1. The molecule has 0 unspecified atom stereocenters. The molecule has 0 aromatic rings. The summed E-state index contributed by atoms with van der Waals surface area (Å²) in [4.78, 5) is 10.1. The molecule has 1 aliphatic rings. The molecule has 1 fully saturated rings. The van der Waals surface area contributed by atoms with E-state index in [2.05, 4.69) is 0 Å². The Labute approximate surface area is 71.0 Å².